The van der Waals surface area contributed by atoms with E-state index in [4.69, 9.17) is 14.6 Å². The van der Waals surface area contributed by atoms with Crippen LogP contribution in [0.1, 0.15) is 16.5 Å². The minimum atomic E-state index is -0.820. The Labute approximate surface area is 164 Å². The van der Waals surface area contributed by atoms with Crippen molar-refractivity contribution >= 4 is 40.3 Å². The molecule has 1 heterocycles. The fourth-order valence-corrected chi connectivity index (χ4v) is 4.56. The van der Waals surface area contributed by atoms with Crippen molar-refractivity contribution in [2.45, 2.75) is 18.0 Å². The van der Waals surface area contributed by atoms with Crippen LogP contribution in [0.2, 0.25) is 0 Å². The number of halogens is 1. The summed E-state index contributed by atoms with van der Waals surface area (Å²) in [6, 6.07) is 13.4. The SMILES string of the molecule is COc1cc([C@H]2N[C@H](C(=O)O)CS2)cc(I)c1OCc1ccccc1. The van der Waals surface area contributed by atoms with Crippen LogP contribution in [0.4, 0.5) is 0 Å². The topological polar surface area (TPSA) is 67.8 Å². The zero-order valence-corrected chi connectivity index (χ0v) is 16.5. The van der Waals surface area contributed by atoms with Crippen LogP contribution in [0.3, 0.4) is 0 Å². The highest BCUT2D eigenvalue weighted by Crippen LogP contribution is 2.40. The summed E-state index contributed by atoms with van der Waals surface area (Å²) in [6.07, 6.45) is 0. The van der Waals surface area contributed by atoms with E-state index in [1.807, 2.05) is 42.5 Å². The fourth-order valence-electron chi connectivity index (χ4n) is 2.57. The number of benzene rings is 2. The third-order valence-corrected chi connectivity index (χ3v) is 5.93. The molecule has 1 fully saturated rings. The summed E-state index contributed by atoms with van der Waals surface area (Å²) < 4.78 is 12.4. The summed E-state index contributed by atoms with van der Waals surface area (Å²) in [5.74, 6) is 1.08. The molecule has 2 N–H and O–H groups in total. The maximum atomic E-state index is 11.1. The zero-order chi connectivity index (χ0) is 17.8. The maximum absolute atomic E-state index is 11.1. The number of methoxy groups -OCH3 is 1. The van der Waals surface area contributed by atoms with E-state index in [9.17, 15) is 4.79 Å². The number of nitrogens with one attached hydrogen (secondary N) is 1. The van der Waals surface area contributed by atoms with Gasteiger partial charge in [-0.3, -0.25) is 10.1 Å². The first-order chi connectivity index (χ1) is 12.1. The predicted octanol–water partition coefficient (Wildman–Crippen LogP) is 3.67. The number of thioether (sulfide) groups is 1. The third kappa shape index (κ3) is 4.39. The van der Waals surface area contributed by atoms with Crippen molar-refractivity contribution in [3.63, 3.8) is 0 Å². The van der Waals surface area contributed by atoms with Gasteiger partial charge in [-0.2, -0.15) is 0 Å². The van der Waals surface area contributed by atoms with Crippen LogP contribution in [-0.2, 0) is 11.4 Å². The molecule has 0 aliphatic carbocycles. The quantitative estimate of drug-likeness (QED) is 0.627. The smallest absolute Gasteiger partial charge is 0.321 e. The Hall–Kier alpha value is -1.45. The van der Waals surface area contributed by atoms with E-state index in [-0.39, 0.29) is 5.37 Å². The molecule has 0 aromatic heterocycles. The van der Waals surface area contributed by atoms with Crippen LogP contribution < -0.4 is 14.8 Å². The van der Waals surface area contributed by atoms with Crippen molar-refractivity contribution in [1.82, 2.24) is 5.32 Å². The summed E-state index contributed by atoms with van der Waals surface area (Å²) in [4.78, 5) is 11.1. The standard InChI is InChI=1S/C18H18INO4S/c1-23-15-8-12(17-20-14(10-25-17)18(21)22)7-13(19)16(15)24-9-11-5-3-2-4-6-11/h2-8,14,17,20H,9-10H2,1H3,(H,21,22)/t14-,17-/m0/s1. The lowest BCUT2D eigenvalue weighted by Gasteiger charge is -2.17. The normalized spacial score (nSPS) is 19.6. The van der Waals surface area contributed by atoms with E-state index in [1.54, 1.807) is 18.9 Å². The lowest BCUT2D eigenvalue weighted by atomic mass is 10.2. The second-order valence-corrected chi connectivity index (χ2v) is 7.88. The second-order valence-electron chi connectivity index (χ2n) is 5.58. The van der Waals surface area contributed by atoms with Gasteiger partial charge in [0.05, 0.1) is 16.1 Å². The van der Waals surface area contributed by atoms with Gasteiger partial charge in [-0.05, 0) is 45.9 Å². The van der Waals surface area contributed by atoms with Crippen molar-refractivity contribution < 1.29 is 19.4 Å². The average molecular weight is 471 g/mol. The van der Waals surface area contributed by atoms with Gasteiger partial charge in [0.15, 0.2) is 11.5 Å². The summed E-state index contributed by atoms with van der Waals surface area (Å²) in [7, 11) is 1.61. The van der Waals surface area contributed by atoms with Crippen molar-refractivity contribution in [2.75, 3.05) is 12.9 Å². The molecule has 2 aromatic rings. The summed E-state index contributed by atoms with van der Waals surface area (Å²) in [6.45, 7) is 0.462. The van der Waals surface area contributed by atoms with Gasteiger partial charge in [0, 0.05) is 5.75 Å². The number of carbonyl (C=O) groups is 1. The molecule has 0 unspecified atom stereocenters. The molecule has 7 heteroatoms. The number of ether oxygens (including phenoxy) is 2. The first kappa shape index (κ1) is 18.3. The molecule has 0 amide bonds. The van der Waals surface area contributed by atoms with Crippen LogP contribution >= 0.6 is 34.4 Å². The summed E-state index contributed by atoms with van der Waals surface area (Å²) in [5, 5.41) is 12.2. The molecule has 2 atom stereocenters. The van der Waals surface area contributed by atoms with E-state index in [2.05, 4.69) is 27.9 Å². The number of carboxylic acids is 1. The molecule has 1 aliphatic rings. The van der Waals surface area contributed by atoms with Gasteiger partial charge < -0.3 is 14.6 Å². The summed E-state index contributed by atoms with van der Waals surface area (Å²) in [5.41, 5.74) is 2.07. The molecule has 0 saturated carbocycles. The molecule has 0 radical (unpaired) electrons. The lowest BCUT2D eigenvalue weighted by Crippen LogP contribution is -2.33. The molecule has 1 saturated heterocycles. The molecule has 25 heavy (non-hydrogen) atoms. The average Bonchev–Trinajstić information content (AvgIpc) is 3.11. The van der Waals surface area contributed by atoms with Gasteiger partial charge >= 0.3 is 5.97 Å². The minimum absolute atomic E-state index is 0.0633. The molecular formula is C18H18INO4S. The van der Waals surface area contributed by atoms with Crippen LogP contribution in [0.15, 0.2) is 42.5 Å². The predicted molar refractivity (Wildman–Crippen MR) is 106 cm³/mol. The molecule has 5 nitrogen and oxygen atoms in total. The number of hydrogen-bond donors (Lipinski definition) is 2. The van der Waals surface area contributed by atoms with Crippen molar-refractivity contribution in [2.24, 2.45) is 0 Å². The third-order valence-electron chi connectivity index (χ3n) is 3.86. The Morgan fingerprint density at radius 2 is 2.12 bits per heavy atom. The maximum Gasteiger partial charge on any atom is 0.321 e. The first-order valence-corrected chi connectivity index (χ1v) is 9.86. The Kier molecular flexibility index (Phi) is 6.08. The van der Waals surface area contributed by atoms with Gasteiger partial charge in [-0.15, -0.1) is 11.8 Å². The molecule has 2 aromatic carbocycles. The number of hydrogen-bond acceptors (Lipinski definition) is 5. The molecule has 0 spiro atoms. The largest absolute Gasteiger partial charge is 0.493 e. The van der Waals surface area contributed by atoms with E-state index in [0.717, 1.165) is 14.7 Å². The zero-order valence-electron chi connectivity index (χ0n) is 13.6. The van der Waals surface area contributed by atoms with Gasteiger partial charge in [-0.25, -0.2) is 0 Å². The summed E-state index contributed by atoms with van der Waals surface area (Å²) >= 11 is 3.81. The van der Waals surface area contributed by atoms with Gasteiger partial charge in [0.2, 0.25) is 0 Å². The highest BCUT2D eigenvalue weighted by Gasteiger charge is 2.31. The highest BCUT2D eigenvalue weighted by atomic mass is 127. The van der Waals surface area contributed by atoms with Gasteiger partial charge in [-0.1, -0.05) is 30.3 Å². The van der Waals surface area contributed by atoms with E-state index < -0.39 is 12.0 Å². The van der Waals surface area contributed by atoms with E-state index in [0.29, 0.717) is 23.9 Å². The lowest BCUT2D eigenvalue weighted by molar-refractivity contribution is -0.138. The Balaban J connectivity index is 1.78. The number of aliphatic carboxylic acids is 1. The van der Waals surface area contributed by atoms with Gasteiger partial charge in [0.1, 0.15) is 12.6 Å². The molecular weight excluding hydrogens is 453 g/mol. The number of carboxylic acid groups (broad SMARTS) is 1. The van der Waals surface area contributed by atoms with Gasteiger partial charge in [0.25, 0.3) is 0 Å². The monoisotopic (exact) mass is 471 g/mol. The molecule has 132 valence electrons. The van der Waals surface area contributed by atoms with Crippen LogP contribution in [0.5, 0.6) is 11.5 Å². The van der Waals surface area contributed by atoms with Crippen molar-refractivity contribution in [3.8, 4) is 11.5 Å². The second kappa shape index (κ2) is 8.29. The Morgan fingerprint density at radius 3 is 2.76 bits per heavy atom. The van der Waals surface area contributed by atoms with Crippen LogP contribution in [0, 0.1) is 3.57 Å². The molecule has 1 aliphatic heterocycles. The van der Waals surface area contributed by atoms with Crippen LogP contribution in [-0.4, -0.2) is 30.0 Å². The van der Waals surface area contributed by atoms with E-state index >= 15 is 0 Å². The highest BCUT2D eigenvalue weighted by molar-refractivity contribution is 14.1. The van der Waals surface area contributed by atoms with Crippen molar-refractivity contribution in [3.05, 3.63) is 57.2 Å². The molecule has 3 rings (SSSR count). The first-order valence-electron chi connectivity index (χ1n) is 7.73. The van der Waals surface area contributed by atoms with E-state index in [1.165, 1.54) is 0 Å². The minimum Gasteiger partial charge on any atom is -0.493 e. The Morgan fingerprint density at radius 1 is 1.36 bits per heavy atom. The fraction of sp³-hybridized carbons (Fsp3) is 0.278. The molecule has 0 bridgehead atoms. The van der Waals surface area contributed by atoms with Crippen molar-refractivity contribution in [1.29, 1.82) is 0 Å². The Bertz CT molecular complexity index is 756. The number of rotatable bonds is 6. The van der Waals surface area contributed by atoms with Crippen LogP contribution in [0.25, 0.3) is 0 Å².